The molecule has 0 bridgehead atoms. The zero-order chi connectivity index (χ0) is 25.2. The summed E-state index contributed by atoms with van der Waals surface area (Å²) in [5, 5.41) is 0.929. The van der Waals surface area contributed by atoms with Gasteiger partial charge in [-0.05, 0) is 56.1 Å². The molecule has 1 aromatic rings. The van der Waals surface area contributed by atoms with Gasteiger partial charge in [-0.2, -0.15) is 0 Å². The molecule has 2 aliphatic heterocycles. The van der Waals surface area contributed by atoms with Crippen molar-refractivity contribution in [1.29, 1.82) is 0 Å². The van der Waals surface area contributed by atoms with Crippen molar-refractivity contribution >= 4 is 41.1 Å². The molecule has 0 spiro atoms. The average Bonchev–Trinajstić information content (AvgIpc) is 3.04. The van der Waals surface area contributed by atoms with Crippen LogP contribution in [0.1, 0.15) is 31.2 Å². The van der Waals surface area contributed by atoms with Crippen LogP contribution in [0, 0.1) is 5.92 Å². The molecule has 0 unspecified atom stereocenters. The number of amides is 2. The largest absolute Gasteiger partial charge is 0.384 e. The zero-order valence-corrected chi connectivity index (χ0v) is 22.3. The molecule has 7 nitrogen and oxygen atoms in total. The first kappa shape index (κ1) is 27.9. The van der Waals surface area contributed by atoms with E-state index in [9.17, 15) is 9.59 Å². The van der Waals surface area contributed by atoms with E-state index in [-0.39, 0.29) is 17.9 Å². The summed E-state index contributed by atoms with van der Waals surface area (Å²) in [5.41, 5.74) is 0.806. The highest BCUT2D eigenvalue weighted by atomic mass is 35.5. The molecule has 0 radical (unpaired) electrons. The van der Waals surface area contributed by atoms with Crippen molar-refractivity contribution in [3.8, 4) is 0 Å². The molecule has 3 rings (SSSR count). The van der Waals surface area contributed by atoms with Crippen LogP contribution in [0.3, 0.4) is 0 Å². The average molecular weight is 527 g/mol. The van der Waals surface area contributed by atoms with Gasteiger partial charge in [0.05, 0.1) is 22.8 Å². The molecule has 2 fully saturated rings. The van der Waals surface area contributed by atoms with Gasteiger partial charge in [0.25, 0.3) is 0 Å². The Morgan fingerprint density at radius 3 is 2.63 bits per heavy atom. The minimum Gasteiger partial charge on any atom is -0.384 e. The van der Waals surface area contributed by atoms with Crippen LogP contribution >= 0.6 is 23.2 Å². The van der Waals surface area contributed by atoms with Gasteiger partial charge in [-0.1, -0.05) is 29.3 Å². The summed E-state index contributed by atoms with van der Waals surface area (Å²) in [6, 6.07) is 5.23. The fourth-order valence-corrected chi connectivity index (χ4v) is 5.06. The molecule has 9 heteroatoms. The molecule has 2 atom stereocenters. The maximum Gasteiger partial charge on any atom is 0.246 e. The number of unbranched alkanes of at least 4 members (excludes halogenated alkanes) is 1. The van der Waals surface area contributed by atoms with E-state index in [1.165, 1.54) is 6.08 Å². The maximum atomic E-state index is 12.7. The zero-order valence-electron chi connectivity index (χ0n) is 20.8. The highest BCUT2D eigenvalue weighted by Gasteiger charge is 2.29. The summed E-state index contributed by atoms with van der Waals surface area (Å²) in [6.07, 6.45) is 6.89. The summed E-state index contributed by atoms with van der Waals surface area (Å²) < 4.78 is 11.0. The highest BCUT2D eigenvalue weighted by molar-refractivity contribution is 6.42. The molecule has 0 aliphatic carbocycles. The lowest BCUT2D eigenvalue weighted by molar-refractivity contribution is -0.130. The fraction of sp³-hybridized carbons (Fsp3) is 0.615. The molecular weight excluding hydrogens is 489 g/mol. The number of ether oxygens (including phenoxy) is 2. The minimum absolute atomic E-state index is 0.102. The third kappa shape index (κ3) is 8.46. The minimum atomic E-state index is -0.102. The molecule has 2 heterocycles. The Morgan fingerprint density at radius 1 is 1.09 bits per heavy atom. The molecule has 35 heavy (non-hydrogen) atoms. The van der Waals surface area contributed by atoms with E-state index < -0.39 is 0 Å². The van der Waals surface area contributed by atoms with Gasteiger partial charge in [-0.25, -0.2) is 0 Å². The van der Waals surface area contributed by atoms with Gasteiger partial charge < -0.3 is 24.2 Å². The maximum absolute atomic E-state index is 12.7. The first-order chi connectivity index (χ1) is 16.9. The SMILES string of the molecule is COC[C@H]1CCN(CCCCN2CCN(C(=O)/C=C/c3ccc(Cl)c(Cl)c3)CCC2=O)C[C@H]1OC. The van der Waals surface area contributed by atoms with Crippen molar-refractivity contribution in [3.05, 3.63) is 39.9 Å². The summed E-state index contributed by atoms with van der Waals surface area (Å²) in [6.45, 7) is 6.02. The quantitative estimate of drug-likeness (QED) is 0.343. The number of piperidine rings is 1. The van der Waals surface area contributed by atoms with Crippen molar-refractivity contribution in [2.45, 2.75) is 31.8 Å². The first-order valence-electron chi connectivity index (χ1n) is 12.3. The van der Waals surface area contributed by atoms with Crippen LogP contribution in [-0.4, -0.2) is 99.3 Å². The summed E-state index contributed by atoms with van der Waals surface area (Å²) >= 11 is 12.0. The van der Waals surface area contributed by atoms with Crippen molar-refractivity contribution < 1.29 is 19.1 Å². The summed E-state index contributed by atoms with van der Waals surface area (Å²) in [7, 11) is 3.52. The fourth-order valence-electron chi connectivity index (χ4n) is 4.75. The molecule has 0 aromatic heterocycles. The van der Waals surface area contributed by atoms with E-state index in [0.717, 1.165) is 57.6 Å². The van der Waals surface area contributed by atoms with Gasteiger partial charge in [0, 0.05) is 65.4 Å². The Bertz CT molecular complexity index is 882. The molecular formula is C26H37Cl2N3O4. The second kappa shape index (κ2) is 14.2. The lowest BCUT2D eigenvalue weighted by Gasteiger charge is -2.37. The number of carbonyl (C=O) groups excluding carboxylic acids is 2. The van der Waals surface area contributed by atoms with Crippen molar-refractivity contribution in [2.24, 2.45) is 5.92 Å². The normalized spacial score (nSPS) is 22.1. The lowest BCUT2D eigenvalue weighted by Crippen LogP contribution is -2.46. The Balaban J connectivity index is 1.40. The van der Waals surface area contributed by atoms with Gasteiger partial charge in [-0.3, -0.25) is 9.59 Å². The van der Waals surface area contributed by atoms with Crippen molar-refractivity contribution in [1.82, 2.24) is 14.7 Å². The van der Waals surface area contributed by atoms with Crippen LogP contribution in [0.5, 0.6) is 0 Å². The number of halogens is 2. The van der Waals surface area contributed by atoms with E-state index in [1.807, 2.05) is 11.0 Å². The van der Waals surface area contributed by atoms with Crippen molar-refractivity contribution in [2.75, 3.05) is 66.6 Å². The molecule has 2 amide bonds. The second-order valence-electron chi connectivity index (χ2n) is 9.25. The molecule has 0 saturated carbocycles. The Labute approximate surface area is 218 Å². The summed E-state index contributed by atoms with van der Waals surface area (Å²) in [5.74, 6) is 0.476. The number of hydrogen-bond acceptors (Lipinski definition) is 5. The predicted molar refractivity (Wildman–Crippen MR) is 140 cm³/mol. The van der Waals surface area contributed by atoms with Crippen LogP contribution in [0.15, 0.2) is 24.3 Å². The van der Waals surface area contributed by atoms with Crippen LogP contribution in [0.4, 0.5) is 0 Å². The molecule has 2 saturated heterocycles. The van der Waals surface area contributed by atoms with Crippen LogP contribution in [0.2, 0.25) is 10.0 Å². The second-order valence-corrected chi connectivity index (χ2v) is 10.1. The molecule has 2 aliphatic rings. The topological polar surface area (TPSA) is 62.3 Å². The number of carbonyl (C=O) groups is 2. The standard InChI is InChI=1S/C26H37Cl2N3O4/c1-34-19-21-9-13-29(18-24(21)35-2)11-3-4-12-30-15-16-31(14-10-26(30)33)25(32)8-6-20-5-7-22(27)23(28)17-20/h5-8,17,21,24H,3-4,9-16,18-19H2,1-2H3/b8-6+/t21-,24-/m1/s1. The first-order valence-corrected chi connectivity index (χ1v) is 13.1. The van der Waals surface area contributed by atoms with Crippen molar-refractivity contribution in [3.63, 3.8) is 0 Å². The van der Waals surface area contributed by atoms with E-state index >= 15 is 0 Å². The van der Waals surface area contributed by atoms with Gasteiger partial charge in [0.15, 0.2) is 0 Å². The number of benzene rings is 1. The van der Waals surface area contributed by atoms with Crippen LogP contribution < -0.4 is 0 Å². The third-order valence-electron chi connectivity index (χ3n) is 6.88. The lowest BCUT2D eigenvalue weighted by atomic mass is 9.94. The van der Waals surface area contributed by atoms with Gasteiger partial charge in [0.2, 0.25) is 11.8 Å². The molecule has 0 N–H and O–H groups in total. The van der Waals surface area contributed by atoms with E-state index in [1.54, 1.807) is 37.3 Å². The van der Waals surface area contributed by atoms with Gasteiger partial charge in [-0.15, -0.1) is 0 Å². The smallest absolute Gasteiger partial charge is 0.246 e. The predicted octanol–water partition coefficient (Wildman–Crippen LogP) is 3.83. The molecule has 1 aromatic carbocycles. The third-order valence-corrected chi connectivity index (χ3v) is 7.62. The number of hydrogen-bond donors (Lipinski definition) is 0. The Kier molecular flexibility index (Phi) is 11.3. The number of likely N-dealkylation sites (tertiary alicyclic amines) is 1. The van der Waals surface area contributed by atoms with E-state index in [2.05, 4.69) is 4.90 Å². The Hall–Kier alpha value is -1.64. The summed E-state index contributed by atoms with van der Waals surface area (Å²) in [4.78, 5) is 31.4. The van der Waals surface area contributed by atoms with Gasteiger partial charge >= 0.3 is 0 Å². The van der Waals surface area contributed by atoms with E-state index in [0.29, 0.717) is 42.0 Å². The van der Waals surface area contributed by atoms with Gasteiger partial charge in [0.1, 0.15) is 0 Å². The van der Waals surface area contributed by atoms with Crippen LogP contribution in [-0.2, 0) is 19.1 Å². The number of nitrogens with zero attached hydrogens (tertiary/aromatic N) is 3. The molecule has 194 valence electrons. The highest BCUT2D eigenvalue weighted by Crippen LogP contribution is 2.23. The Morgan fingerprint density at radius 2 is 1.89 bits per heavy atom. The number of rotatable bonds is 10. The van der Waals surface area contributed by atoms with Crippen LogP contribution in [0.25, 0.3) is 6.08 Å². The number of methoxy groups -OCH3 is 2. The monoisotopic (exact) mass is 525 g/mol. The van der Waals surface area contributed by atoms with E-state index in [4.69, 9.17) is 32.7 Å².